The zero-order valence-corrected chi connectivity index (χ0v) is 16.7. The number of hydrogen-bond donors (Lipinski definition) is 1. The van der Waals surface area contributed by atoms with E-state index in [4.69, 9.17) is 19.9 Å². The molecule has 5 rings (SSSR count). The molecule has 0 bridgehead atoms. The number of ether oxygens (including phenoxy) is 1. The molecular weight excluding hydrogens is 376 g/mol. The van der Waals surface area contributed by atoms with Gasteiger partial charge in [0.1, 0.15) is 11.5 Å². The predicted octanol–water partition coefficient (Wildman–Crippen LogP) is 5.39. The van der Waals surface area contributed by atoms with Crippen LogP contribution in [-0.4, -0.2) is 17.4 Å². The van der Waals surface area contributed by atoms with Crippen LogP contribution in [0.25, 0.3) is 22.4 Å². The maximum Gasteiger partial charge on any atom is 0.229 e. The van der Waals surface area contributed by atoms with Crippen molar-refractivity contribution in [3.8, 4) is 17.1 Å². The molecule has 2 N–H and O–H groups in total. The Morgan fingerprint density at radius 3 is 2.60 bits per heavy atom. The van der Waals surface area contributed by atoms with E-state index in [0.717, 1.165) is 16.9 Å². The average molecular weight is 398 g/mol. The van der Waals surface area contributed by atoms with Crippen LogP contribution in [-0.2, 0) is 6.42 Å². The van der Waals surface area contributed by atoms with Crippen molar-refractivity contribution in [1.29, 1.82) is 0 Å². The summed E-state index contributed by atoms with van der Waals surface area (Å²) >= 11 is 0. The lowest BCUT2D eigenvalue weighted by Gasteiger charge is -2.24. The van der Waals surface area contributed by atoms with Crippen LogP contribution in [0.1, 0.15) is 40.9 Å². The molecule has 0 saturated heterocycles. The second kappa shape index (κ2) is 7.34. The molecule has 30 heavy (non-hydrogen) atoms. The van der Waals surface area contributed by atoms with E-state index < -0.39 is 0 Å². The van der Waals surface area contributed by atoms with Gasteiger partial charge in [0.05, 0.1) is 28.9 Å². The maximum atomic E-state index is 13.0. The van der Waals surface area contributed by atoms with Gasteiger partial charge in [0.25, 0.3) is 0 Å². The molecule has 4 aromatic rings. The van der Waals surface area contributed by atoms with Crippen molar-refractivity contribution in [2.45, 2.75) is 25.7 Å². The second-order valence-electron chi connectivity index (χ2n) is 7.57. The normalized spacial score (nSPS) is 15.9. The second-order valence-corrected chi connectivity index (χ2v) is 7.57. The van der Waals surface area contributed by atoms with Gasteiger partial charge in [-0.15, -0.1) is 0 Å². The lowest BCUT2D eigenvalue weighted by molar-refractivity contribution is 0.0964. The van der Waals surface area contributed by atoms with Gasteiger partial charge in [-0.25, -0.2) is 4.98 Å². The number of carbonyl (C=O) groups excluding carboxylic acids is 1. The lowest BCUT2D eigenvalue weighted by atomic mass is 9.81. The number of anilines is 1. The Morgan fingerprint density at radius 1 is 1.10 bits per heavy atom. The highest BCUT2D eigenvalue weighted by Gasteiger charge is 2.31. The SMILES string of the molecule is CCOc1ccc([C@H]2CC(=O)c3c(nc4oc(-c5ccccc5)cc4c3N)C2)cc1. The molecular formula is C25H22N2O3. The Balaban J connectivity index is 1.53. The number of pyridine rings is 1. The molecule has 0 unspecified atom stereocenters. The number of Topliss-reactive ketones (excluding diaryl/α,β-unsaturated/α-hetero) is 1. The van der Waals surface area contributed by atoms with Crippen molar-refractivity contribution in [2.24, 2.45) is 0 Å². The first-order chi connectivity index (χ1) is 14.6. The third kappa shape index (κ3) is 3.12. The third-order valence-corrected chi connectivity index (χ3v) is 5.67. The number of rotatable bonds is 4. The highest BCUT2D eigenvalue weighted by atomic mass is 16.5. The zero-order chi connectivity index (χ0) is 20.7. The van der Waals surface area contributed by atoms with Crippen molar-refractivity contribution in [2.75, 3.05) is 12.3 Å². The fourth-order valence-corrected chi connectivity index (χ4v) is 4.20. The Labute approximate surface area is 174 Å². The number of benzene rings is 2. The number of nitrogens with zero attached hydrogens (tertiary/aromatic N) is 1. The predicted molar refractivity (Wildman–Crippen MR) is 117 cm³/mol. The summed E-state index contributed by atoms with van der Waals surface area (Å²) in [4.78, 5) is 17.7. The Bertz CT molecular complexity index is 1230. The third-order valence-electron chi connectivity index (χ3n) is 5.67. The smallest absolute Gasteiger partial charge is 0.229 e. The number of nitrogen functional groups attached to an aromatic ring is 1. The number of carbonyl (C=O) groups is 1. The van der Waals surface area contributed by atoms with Gasteiger partial charge in [-0.1, -0.05) is 42.5 Å². The number of furan rings is 1. The summed E-state index contributed by atoms with van der Waals surface area (Å²) in [6.07, 6.45) is 1.07. The van der Waals surface area contributed by atoms with E-state index in [1.54, 1.807) is 0 Å². The van der Waals surface area contributed by atoms with Crippen molar-refractivity contribution in [3.05, 3.63) is 77.5 Å². The van der Waals surface area contributed by atoms with Crippen LogP contribution in [0.15, 0.2) is 65.1 Å². The van der Waals surface area contributed by atoms with E-state index in [9.17, 15) is 4.79 Å². The van der Waals surface area contributed by atoms with Gasteiger partial charge < -0.3 is 14.9 Å². The topological polar surface area (TPSA) is 78.3 Å². The largest absolute Gasteiger partial charge is 0.494 e. The van der Waals surface area contributed by atoms with Crippen LogP contribution in [0.3, 0.4) is 0 Å². The summed E-state index contributed by atoms with van der Waals surface area (Å²) in [7, 11) is 0. The number of aromatic nitrogens is 1. The molecule has 0 aliphatic heterocycles. The number of nitrogens with two attached hydrogens (primary N) is 1. The summed E-state index contributed by atoms with van der Waals surface area (Å²) in [6.45, 7) is 2.58. The fourth-order valence-electron chi connectivity index (χ4n) is 4.20. The minimum atomic E-state index is 0.0319. The molecule has 150 valence electrons. The highest BCUT2D eigenvalue weighted by molar-refractivity contribution is 6.09. The summed E-state index contributed by atoms with van der Waals surface area (Å²) in [6, 6.07) is 19.6. The van der Waals surface area contributed by atoms with Crippen LogP contribution in [0.2, 0.25) is 0 Å². The molecule has 0 amide bonds. The van der Waals surface area contributed by atoms with Crippen molar-refractivity contribution in [3.63, 3.8) is 0 Å². The number of ketones is 1. The molecule has 1 atom stereocenters. The highest BCUT2D eigenvalue weighted by Crippen LogP contribution is 2.39. The van der Waals surface area contributed by atoms with Crippen molar-refractivity contribution >= 4 is 22.6 Å². The van der Waals surface area contributed by atoms with Crippen molar-refractivity contribution in [1.82, 2.24) is 4.98 Å². The number of hydrogen-bond acceptors (Lipinski definition) is 5. The average Bonchev–Trinajstić information content (AvgIpc) is 3.19. The fraction of sp³-hybridized carbons (Fsp3) is 0.200. The molecule has 0 spiro atoms. The minimum absolute atomic E-state index is 0.0319. The summed E-state index contributed by atoms with van der Waals surface area (Å²) in [5.74, 6) is 1.62. The Hall–Kier alpha value is -3.60. The molecule has 2 aromatic heterocycles. The van der Waals surface area contributed by atoms with E-state index >= 15 is 0 Å². The van der Waals surface area contributed by atoms with E-state index in [-0.39, 0.29) is 11.7 Å². The summed E-state index contributed by atoms with van der Waals surface area (Å²) < 4.78 is 11.5. The standard InChI is InChI=1S/C25H22N2O3/c1-2-29-18-10-8-15(9-11-18)17-12-20-23(21(28)13-17)24(26)19-14-22(30-25(19)27-20)16-6-4-3-5-7-16/h3-11,14,17H,2,12-13H2,1H3,(H2,26,27)/t17-/m1/s1. The van der Waals surface area contributed by atoms with Gasteiger partial charge in [-0.05, 0) is 43.0 Å². The maximum absolute atomic E-state index is 13.0. The zero-order valence-electron chi connectivity index (χ0n) is 16.7. The molecule has 1 aliphatic carbocycles. The van der Waals surface area contributed by atoms with E-state index in [0.29, 0.717) is 53.3 Å². The van der Waals surface area contributed by atoms with Gasteiger partial charge in [0.2, 0.25) is 5.71 Å². The molecule has 0 fully saturated rings. The van der Waals surface area contributed by atoms with Gasteiger partial charge in [0, 0.05) is 12.0 Å². The quantitative estimate of drug-likeness (QED) is 0.499. The monoisotopic (exact) mass is 398 g/mol. The van der Waals surface area contributed by atoms with E-state index in [2.05, 4.69) is 0 Å². The first-order valence-corrected chi connectivity index (χ1v) is 10.2. The minimum Gasteiger partial charge on any atom is -0.494 e. The van der Waals surface area contributed by atoms with Gasteiger partial charge in [0.15, 0.2) is 5.78 Å². The first kappa shape index (κ1) is 18.4. The first-order valence-electron chi connectivity index (χ1n) is 10.2. The van der Waals surface area contributed by atoms with E-state index in [1.165, 1.54) is 0 Å². The molecule has 2 heterocycles. The van der Waals surface area contributed by atoms with Crippen LogP contribution >= 0.6 is 0 Å². The molecule has 5 nitrogen and oxygen atoms in total. The molecule has 1 aliphatic rings. The molecule has 5 heteroatoms. The Kier molecular flexibility index (Phi) is 4.51. The Morgan fingerprint density at radius 2 is 1.87 bits per heavy atom. The number of fused-ring (bicyclic) bond motifs is 2. The molecule has 2 aromatic carbocycles. The van der Waals surface area contributed by atoms with Crippen LogP contribution < -0.4 is 10.5 Å². The lowest BCUT2D eigenvalue weighted by Crippen LogP contribution is -2.21. The van der Waals surface area contributed by atoms with E-state index in [1.807, 2.05) is 67.6 Å². The summed E-state index contributed by atoms with van der Waals surface area (Å²) in [5.41, 5.74) is 10.7. The summed E-state index contributed by atoms with van der Waals surface area (Å²) in [5, 5.41) is 0.695. The van der Waals surface area contributed by atoms with Gasteiger partial charge in [-0.3, -0.25) is 4.79 Å². The molecule has 0 radical (unpaired) electrons. The molecule has 0 saturated carbocycles. The van der Waals surface area contributed by atoms with Crippen LogP contribution in [0, 0.1) is 0 Å². The van der Waals surface area contributed by atoms with Crippen LogP contribution in [0.4, 0.5) is 5.69 Å². The van der Waals surface area contributed by atoms with Crippen molar-refractivity contribution < 1.29 is 13.9 Å². The van der Waals surface area contributed by atoms with Crippen LogP contribution in [0.5, 0.6) is 5.75 Å². The van der Waals surface area contributed by atoms with Gasteiger partial charge in [-0.2, -0.15) is 0 Å². The van der Waals surface area contributed by atoms with Gasteiger partial charge >= 0.3 is 0 Å².